The number of rotatable bonds is 12. The number of hydrogen-bond acceptors (Lipinski definition) is 10. The van der Waals surface area contributed by atoms with Gasteiger partial charge in [-0.3, -0.25) is 5.10 Å². The van der Waals surface area contributed by atoms with Crippen LogP contribution >= 0.6 is 0 Å². The molecule has 202 valence electrons. The predicted octanol–water partition coefficient (Wildman–Crippen LogP) is -0.379. The van der Waals surface area contributed by atoms with Gasteiger partial charge in [-0.25, -0.2) is 13.1 Å². The first-order valence-electron chi connectivity index (χ1n) is 11.7. The molecule has 1 unspecified atom stereocenters. The number of sulfonamides is 1. The Kier molecular flexibility index (Phi) is 9.69. The minimum Gasteiger partial charge on any atom is -0.494 e. The molecule has 12 nitrogen and oxygen atoms in total. The number of aliphatic hydroxyl groups excluding tert-OH is 4. The molecule has 0 radical (unpaired) electrons. The number of aromatic amines is 1. The Morgan fingerprint density at radius 1 is 1.14 bits per heavy atom. The van der Waals surface area contributed by atoms with Crippen LogP contribution < -0.4 is 14.2 Å². The van der Waals surface area contributed by atoms with E-state index in [0.717, 1.165) is 23.1 Å². The molecule has 13 heteroatoms. The Morgan fingerprint density at radius 2 is 1.83 bits per heavy atom. The molecule has 1 aromatic heterocycles. The van der Waals surface area contributed by atoms with Crippen molar-refractivity contribution in [3.63, 3.8) is 0 Å². The van der Waals surface area contributed by atoms with Crippen LogP contribution in [-0.2, 0) is 21.2 Å². The third-order valence-corrected chi connectivity index (χ3v) is 6.50. The zero-order valence-electron chi connectivity index (χ0n) is 20.5. The molecule has 1 fully saturated rings. The number of H-pyrrole nitrogens is 1. The largest absolute Gasteiger partial charge is 0.494 e. The van der Waals surface area contributed by atoms with Crippen molar-refractivity contribution in [2.75, 3.05) is 26.0 Å². The van der Waals surface area contributed by atoms with Crippen LogP contribution in [0, 0.1) is 0 Å². The molecule has 1 aliphatic rings. The molecule has 0 spiro atoms. The van der Waals surface area contributed by atoms with Crippen molar-refractivity contribution in [3.8, 4) is 11.6 Å². The van der Waals surface area contributed by atoms with Crippen LogP contribution in [0.15, 0.2) is 24.3 Å². The van der Waals surface area contributed by atoms with Gasteiger partial charge in [-0.15, -0.1) is 5.10 Å². The lowest BCUT2D eigenvalue weighted by molar-refractivity contribution is -0.278. The summed E-state index contributed by atoms with van der Waals surface area (Å²) in [5.74, 6) is 0.914. The number of aliphatic hydroxyl groups is 4. The summed E-state index contributed by atoms with van der Waals surface area (Å²) in [6, 6.07) is 7.40. The molecule has 1 aromatic carbocycles. The maximum absolute atomic E-state index is 11.1. The molecule has 0 saturated carbocycles. The van der Waals surface area contributed by atoms with Crippen LogP contribution in [0.5, 0.6) is 11.6 Å². The smallest absolute Gasteiger partial charge is 0.238 e. The summed E-state index contributed by atoms with van der Waals surface area (Å²) in [7, 11) is -3.21. The SMILES string of the molecule is CC(C)c1[nH]nc(OC2O[C@H](CO)[C@@H](O)[C@H](O)[C@H]2O)c1Cc1ccc(OCCCNS(C)(=O)=O)cc1. The lowest BCUT2D eigenvalue weighted by Crippen LogP contribution is -2.60. The fourth-order valence-electron chi connectivity index (χ4n) is 3.81. The zero-order chi connectivity index (χ0) is 26.5. The topological polar surface area (TPSA) is 183 Å². The minimum absolute atomic E-state index is 0.0859. The average molecular weight is 530 g/mol. The maximum atomic E-state index is 11.1. The van der Waals surface area contributed by atoms with E-state index in [1.165, 1.54) is 0 Å². The second-order valence-corrected chi connectivity index (χ2v) is 10.9. The predicted molar refractivity (Wildman–Crippen MR) is 129 cm³/mol. The Bertz CT molecular complexity index is 1070. The van der Waals surface area contributed by atoms with Gasteiger partial charge < -0.3 is 34.6 Å². The van der Waals surface area contributed by atoms with Gasteiger partial charge in [0, 0.05) is 24.2 Å². The van der Waals surface area contributed by atoms with Crippen LogP contribution in [0.3, 0.4) is 0 Å². The van der Waals surface area contributed by atoms with Gasteiger partial charge in [-0.05, 0) is 30.0 Å². The van der Waals surface area contributed by atoms with E-state index in [2.05, 4.69) is 14.9 Å². The maximum Gasteiger partial charge on any atom is 0.238 e. The van der Waals surface area contributed by atoms with Crippen LogP contribution in [0.1, 0.15) is 43.0 Å². The first-order valence-corrected chi connectivity index (χ1v) is 13.6. The van der Waals surface area contributed by atoms with E-state index in [-0.39, 0.29) is 11.8 Å². The molecule has 36 heavy (non-hydrogen) atoms. The van der Waals surface area contributed by atoms with Gasteiger partial charge in [0.05, 0.1) is 19.5 Å². The van der Waals surface area contributed by atoms with Crippen molar-refractivity contribution in [2.45, 2.75) is 63.3 Å². The lowest BCUT2D eigenvalue weighted by Gasteiger charge is -2.39. The van der Waals surface area contributed by atoms with E-state index in [4.69, 9.17) is 14.2 Å². The minimum atomic E-state index is -3.21. The third kappa shape index (κ3) is 7.38. The van der Waals surface area contributed by atoms with Crippen molar-refractivity contribution in [1.29, 1.82) is 0 Å². The van der Waals surface area contributed by atoms with E-state index >= 15 is 0 Å². The van der Waals surface area contributed by atoms with Gasteiger partial charge in [0.25, 0.3) is 0 Å². The normalized spacial score (nSPS) is 24.7. The number of aromatic nitrogens is 2. The van der Waals surface area contributed by atoms with E-state index < -0.39 is 47.3 Å². The van der Waals surface area contributed by atoms with Gasteiger partial charge in [-0.1, -0.05) is 26.0 Å². The summed E-state index contributed by atoms with van der Waals surface area (Å²) in [6.07, 6.45) is -4.92. The van der Waals surface area contributed by atoms with Crippen LogP contribution in [0.2, 0.25) is 0 Å². The zero-order valence-corrected chi connectivity index (χ0v) is 21.3. The van der Waals surface area contributed by atoms with Crippen molar-refractivity contribution in [2.24, 2.45) is 0 Å². The fraction of sp³-hybridized carbons (Fsp3) is 0.609. The van der Waals surface area contributed by atoms with Crippen molar-refractivity contribution in [3.05, 3.63) is 41.1 Å². The number of benzene rings is 1. The first-order chi connectivity index (χ1) is 17.0. The molecular weight excluding hydrogens is 494 g/mol. The summed E-state index contributed by atoms with van der Waals surface area (Å²) >= 11 is 0. The molecule has 5 atom stereocenters. The highest BCUT2D eigenvalue weighted by Gasteiger charge is 2.45. The molecule has 0 aliphatic carbocycles. The number of nitrogens with zero attached hydrogens (tertiary/aromatic N) is 1. The van der Waals surface area contributed by atoms with E-state index in [9.17, 15) is 28.8 Å². The molecule has 3 rings (SSSR count). The second kappa shape index (κ2) is 12.3. The summed E-state index contributed by atoms with van der Waals surface area (Å²) in [5, 5.41) is 47.0. The van der Waals surface area contributed by atoms with E-state index in [0.29, 0.717) is 31.7 Å². The van der Waals surface area contributed by atoms with Crippen molar-refractivity contribution < 1.29 is 43.1 Å². The third-order valence-electron chi connectivity index (χ3n) is 5.77. The Morgan fingerprint density at radius 3 is 2.44 bits per heavy atom. The molecule has 1 saturated heterocycles. The Labute approximate surface area is 210 Å². The second-order valence-electron chi connectivity index (χ2n) is 9.08. The molecule has 0 bridgehead atoms. The fourth-order valence-corrected chi connectivity index (χ4v) is 4.32. The van der Waals surface area contributed by atoms with Crippen LogP contribution in [0.25, 0.3) is 0 Å². The van der Waals surface area contributed by atoms with Gasteiger partial charge in [-0.2, -0.15) is 0 Å². The molecule has 6 N–H and O–H groups in total. The lowest BCUT2D eigenvalue weighted by atomic mass is 9.98. The van der Waals surface area contributed by atoms with Gasteiger partial charge in [0.15, 0.2) is 0 Å². The van der Waals surface area contributed by atoms with E-state index in [1.807, 2.05) is 38.1 Å². The molecular formula is C23H35N3O9S. The monoisotopic (exact) mass is 529 g/mol. The highest BCUT2D eigenvalue weighted by Crippen LogP contribution is 2.31. The van der Waals surface area contributed by atoms with Gasteiger partial charge >= 0.3 is 0 Å². The summed E-state index contributed by atoms with van der Waals surface area (Å²) < 4.78 is 41.5. The van der Waals surface area contributed by atoms with E-state index in [1.54, 1.807) is 0 Å². The molecule has 2 heterocycles. The summed E-state index contributed by atoms with van der Waals surface area (Å²) in [4.78, 5) is 0. The van der Waals surface area contributed by atoms with Crippen LogP contribution in [0.4, 0.5) is 0 Å². The average Bonchev–Trinajstić information content (AvgIpc) is 3.21. The van der Waals surface area contributed by atoms with Gasteiger partial charge in [0.2, 0.25) is 22.2 Å². The number of hydrogen-bond donors (Lipinski definition) is 6. The van der Waals surface area contributed by atoms with Gasteiger partial charge in [0.1, 0.15) is 30.2 Å². The number of ether oxygens (including phenoxy) is 3. The first kappa shape index (κ1) is 28.3. The standard InChI is InChI=1S/C23H35N3O9S/c1-13(2)18-16(11-14-5-7-15(8-6-14)33-10-4-9-24-36(3,31)32)22(26-25-18)35-23-21(30)20(29)19(28)17(12-27)34-23/h5-8,13,17,19-21,23-24,27-30H,4,9-12H2,1-3H3,(H,25,26)/t17-,19-,20+,21-,23?/m1/s1. The number of nitrogens with one attached hydrogen (secondary N) is 2. The molecule has 1 aliphatic heterocycles. The Hall–Kier alpha value is -2.26. The molecule has 0 amide bonds. The highest BCUT2D eigenvalue weighted by atomic mass is 32.2. The highest BCUT2D eigenvalue weighted by molar-refractivity contribution is 7.88. The summed E-state index contributed by atoms with van der Waals surface area (Å²) in [6.45, 7) is 4.08. The summed E-state index contributed by atoms with van der Waals surface area (Å²) in [5.41, 5.74) is 2.50. The van der Waals surface area contributed by atoms with Crippen LogP contribution in [-0.4, -0.2) is 95.8 Å². The van der Waals surface area contributed by atoms with Crippen molar-refractivity contribution in [1.82, 2.24) is 14.9 Å². The molecule has 2 aromatic rings. The quantitative estimate of drug-likeness (QED) is 0.198. The Balaban J connectivity index is 1.67. The van der Waals surface area contributed by atoms with Crippen molar-refractivity contribution >= 4 is 10.0 Å².